The predicted molar refractivity (Wildman–Crippen MR) is 131 cm³/mol. The van der Waals surface area contributed by atoms with Gasteiger partial charge in [0.05, 0.1) is 17.9 Å². The molecule has 14 heteroatoms. The van der Waals surface area contributed by atoms with Crippen LogP contribution in [0.3, 0.4) is 0 Å². The second-order valence-corrected chi connectivity index (χ2v) is 7.00. The van der Waals surface area contributed by atoms with E-state index in [1.807, 2.05) is 0 Å². The second-order valence-electron chi connectivity index (χ2n) is 6.62. The lowest BCUT2D eigenvalue weighted by atomic mass is 10.2. The Hall–Kier alpha value is -2.77. The molecule has 12 nitrogen and oxygen atoms in total. The van der Waals surface area contributed by atoms with Gasteiger partial charge in [-0.25, -0.2) is 4.79 Å². The Morgan fingerprint density at radius 3 is 2.30 bits per heavy atom. The first-order chi connectivity index (χ1) is 14.5. The number of carbonyl (C=O) groups excluding carboxylic acids is 1. The molecule has 1 aliphatic rings. The largest absolute Gasteiger partial charge is 0.462 e. The highest BCUT2D eigenvalue weighted by Crippen LogP contribution is 2.34. The van der Waals surface area contributed by atoms with E-state index in [-0.39, 0.29) is 41.1 Å². The van der Waals surface area contributed by atoms with Crippen molar-refractivity contribution in [1.29, 1.82) is 0 Å². The zero-order valence-corrected chi connectivity index (χ0v) is 19.8. The van der Waals surface area contributed by atoms with E-state index in [1.54, 1.807) is 31.2 Å². The third-order valence-electron chi connectivity index (χ3n) is 4.63. The maximum absolute atomic E-state index is 11.8. The number of nitrogen functional groups attached to an aromatic ring is 2. The van der Waals surface area contributed by atoms with Crippen molar-refractivity contribution < 1.29 is 20.5 Å². The summed E-state index contributed by atoms with van der Waals surface area (Å²) in [6.45, 7) is 6.10. The van der Waals surface area contributed by atoms with Crippen LogP contribution in [0.2, 0.25) is 0 Å². The van der Waals surface area contributed by atoms with Crippen LogP contribution in [0.25, 0.3) is 0 Å². The number of piperazine rings is 1. The monoisotopic (exact) mass is 504 g/mol. The molecule has 0 atom stereocenters. The van der Waals surface area contributed by atoms with E-state index in [1.165, 1.54) is 0 Å². The molecule has 0 aliphatic carbocycles. The van der Waals surface area contributed by atoms with Crippen molar-refractivity contribution in [3.63, 3.8) is 0 Å². The zero-order valence-electron chi connectivity index (χ0n) is 18.2. The first kappa shape index (κ1) is 30.2. The summed E-state index contributed by atoms with van der Waals surface area (Å²) in [4.78, 5) is 24.5. The summed E-state index contributed by atoms with van der Waals surface area (Å²) in [6.07, 6.45) is 0. The van der Waals surface area contributed by atoms with Gasteiger partial charge in [-0.1, -0.05) is 0 Å². The molecule has 3 rings (SSSR count). The minimum atomic E-state index is -0.382. The highest BCUT2D eigenvalue weighted by Gasteiger charge is 2.22. The number of nitrogens with zero attached hydrogens (tertiary/aromatic N) is 6. The molecule has 184 valence electrons. The van der Waals surface area contributed by atoms with Gasteiger partial charge in [0.2, 0.25) is 5.95 Å². The quantitative estimate of drug-likeness (QED) is 0.319. The molecular weight excluding hydrogens is 475 g/mol. The summed E-state index contributed by atoms with van der Waals surface area (Å²) in [6, 6.07) is 6.61. The molecule has 1 aliphatic heterocycles. The number of hydrogen-bond acceptors (Lipinski definition) is 10. The summed E-state index contributed by atoms with van der Waals surface area (Å²) >= 11 is 5.84. The lowest BCUT2D eigenvalue weighted by molar-refractivity contribution is 0.0526. The number of rotatable bonds is 7. The first-order valence-electron chi connectivity index (χ1n) is 9.67. The third kappa shape index (κ3) is 7.94. The number of anilines is 3. The highest BCUT2D eigenvalue weighted by atomic mass is 35.5. The summed E-state index contributed by atoms with van der Waals surface area (Å²) < 4.78 is 4.98. The van der Waals surface area contributed by atoms with Gasteiger partial charge in [0, 0.05) is 38.6 Å². The second kappa shape index (κ2) is 14.4. The van der Waals surface area contributed by atoms with Crippen molar-refractivity contribution in [2.75, 3.05) is 61.6 Å². The van der Waals surface area contributed by atoms with E-state index in [0.29, 0.717) is 35.2 Å². The standard InChI is InChI=1S/C19H25ClN8O2.ClH.2H2O/c1-2-30-18(29)13-3-5-14(6-4-13)25-26-15-16(21)23-19(22)24-17(15)28-11-9-27(8-7-20)10-12-28;;;/h3-6H,2,7-12H2,1H3,(H4,21,22,23,24);1H;2*1H2. The van der Waals surface area contributed by atoms with Gasteiger partial charge >= 0.3 is 5.97 Å². The van der Waals surface area contributed by atoms with Crippen LogP contribution in [-0.2, 0) is 4.74 Å². The Bertz CT molecular complexity index is 909. The van der Waals surface area contributed by atoms with Gasteiger partial charge < -0.3 is 32.1 Å². The number of hydrogen-bond donors (Lipinski definition) is 2. The predicted octanol–water partition coefficient (Wildman–Crippen LogP) is 1.37. The van der Waals surface area contributed by atoms with E-state index >= 15 is 0 Å². The zero-order chi connectivity index (χ0) is 21.5. The van der Waals surface area contributed by atoms with Crippen molar-refractivity contribution in [2.24, 2.45) is 10.2 Å². The molecule has 1 aromatic heterocycles. The number of alkyl halides is 1. The number of nitrogens with two attached hydrogens (primary N) is 2. The molecule has 0 amide bonds. The van der Waals surface area contributed by atoms with Crippen LogP contribution in [0.4, 0.5) is 29.0 Å². The molecule has 0 spiro atoms. The minimum Gasteiger partial charge on any atom is -0.462 e. The number of benzene rings is 1. The van der Waals surface area contributed by atoms with Crippen LogP contribution in [0, 0.1) is 0 Å². The molecule has 1 aromatic carbocycles. The van der Waals surface area contributed by atoms with Crippen LogP contribution in [-0.4, -0.2) is 77.0 Å². The van der Waals surface area contributed by atoms with Gasteiger partial charge in [-0.2, -0.15) is 15.1 Å². The maximum Gasteiger partial charge on any atom is 0.338 e. The minimum absolute atomic E-state index is 0. The van der Waals surface area contributed by atoms with Gasteiger partial charge in [-0.3, -0.25) is 4.90 Å². The number of carbonyl (C=O) groups is 1. The number of aromatic nitrogens is 2. The summed E-state index contributed by atoms with van der Waals surface area (Å²) in [5, 5.41) is 8.52. The van der Waals surface area contributed by atoms with E-state index < -0.39 is 0 Å². The normalized spacial score (nSPS) is 13.6. The summed E-state index contributed by atoms with van der Waals surface area (Å²) in [5.74, 6) is 1.02. The van der Waals surface area contributed by atoms with Gasteiger partial charge in [0.15, 0.2) is 17.3 Å². The molecular formula is C19H30Cl2N8O4. The van der Waals surface area contributed by atoms with Gasteiger partial charge in [0.25, 0.3) is 0 Å². The smallest absolute Gasteiger partial charge is 0.338 e. The molecule has 2 heterocycles. The average Bonchev–Trinajstić information content (AvgIpc) is 2.74. The third-order valence-corrected chi connectivity index (χ3v) is 4.80. The Labute approximate surface area is 203 Å². The van der Waals surface area contributed by atoms with Crippen LogP contribution >= 0.6 is 24.0 Å². The number of halogens is 2. The Balaban J connectivity index is 0.00000341. The van der Waals surface area contributed by atoms with Gasteiger partial charge in [-0.15, -0.1) is 29.1 Å². The van der Waals surface area contributed by atoms with E-state index in [0.717, 1.165) is 32.7 Å². The van der Waals surface area contributed by atoms with E-state index in [9.17, 15) is 4.79 Å². The first-order valence-corrected chi connectivity index (χ1v) is 10.2. The van der Waals surface area contributed by atoms with Crippen LogP contribution in [0.1, 0.15) is 17.3 Å². The molecule has 33 heavy (non-hydrogen) atoms. The molecule has 2 aromatic rings. The fourth-order valence-electron chi connectivity index (χ4n) is 3.08. The summed E-state index contributed by atoms with van der Waals surface area (Å²) in [5.41, 5.74) is 13.2. The van der Waals surface area contributed by atoms with Crippen molar-refractivity contribution in [1.82, 2.24) is 14.9 Å². The Morgan fingerprint density at radius 2 is 1.73 bits per heavy atom. The summed E-state index contributed by atoms with van der Waals surface area (Å²) in [7, 11) is 0. The fraction of sp³-hybridized carbons (Fsp3) is 0.421. The molecule has 0 bridgehead atoms. The molecule has 1 saturated heterocycles. The molecule has 8 N–H and O–H groups in total. The average molecular weight is 505 g/mol. The topological polar surface area (TPSA) is 198 Å². The van der Waals surface area contributed by atoms with Crippen molar-refractivity contribution in [3.05, 3.63) is 29.8 Å². The highest BCUT2D eigenvalue weighted by molar-refractivity contribution is 6.18. The molecule has 1 fully saturated rings. The van der Waals surface area contributed by atoms with Crippen LogP contribution in [0.5, 0.6) is 0 Å². The Kier molecular flexibility index (Phi) is 13.2. The lowest BCUT2D eigenvalue weighted by Gasteiger charge is -2.35. The molecule has 0 unspecified atom stereocenters. The lowest BCUT2D eigenvalue weighted by Crippen LogP contribution is -2.47. The number of ether oxygens (including phenoxy) is 1. The Morgan fingerprint density at radius 1 is 1.09 bits per heavy atom. The maximum atomic E-state index is 11.8. The fourth-order valence-corrected chi connectivity index (χ4v) is 3.32. The van der Waals surface area contributed by atoms with Gasteiger partial charge in [0.1, 0.15) is 0 Å². The number of esters is 1. The molecule has 0 saturated carbocycles. The molecule has 0 radical (unpaired) electrons. The van der Waals surface area contributed by atoms with E-state index in [2.05, 4.69) is 30.0 Å². The number of azo groups is 1. The van der Waals surface area contributed by atoms with Crippen LogP contribution in [0.15, 0.2) is 34.5 Å². The van der Waals surface area contributed by atoms with Crippen LogP contribution < -0.4 is 16.4 Å². The van der Waals surface area contributed by atoms with E-state index in [4.69, 9.17) is 27.8 Å². The SMILES string of the molecule is CCOC(=O)c1ccc(N=Nc2c(N)nc(N)nc2N2CCN(CCCl)CC2)cc1.Cl.O.O. The van der Waals surface area contributed by atoms with Gasteiger partial charge in [-0.05, 0) is 31.2 Å². The van der Waals surface area contributed by atoms with Crippen molar-refractivity contribution in [2.45, 2.75) is 6.92 Å². The van der Waals surface area contributed by atoms with Crippen molar-refractivity contribution >= 4 is 58.9 Å². The van der Waals surface area contributed by atoms with Crippen molar-refractivity contribution in [3.8, 4) is 0 Å².